The number of rotatable bonds is 5. The highest BCUT2D eigenvalue weighted by Crippen LogP contribution is 2.61. The molecule has 0 spiro atoms. The first-order valence-electron chi connectivity index (χ1n) is 6.61. The smallest absolute Gasteiger partial charge is 0.211 e. The zero-order valence-electron chi connectivity index (χ0n) is 11.7. The molecule has 1 N–H and O–H groups in total. The molecule has 0 saturated heterocycles. The fraction of sp³-hybridized carbons (Fsp3) is 0.250. The Bertz CT molecular complexity index is 610. The Hall–Kier alpha value is -1.57. The van der Waals surface area contributed by atoms with Crippen LogP contribution in [0.15, 0.2) is 54.6 Å². The van der Waals surface area contributed by atoms with Crippen molar-refractivity contribution in [3.63, 3.8) is 0 Å². The number of para-hydroxylation sites is 1. The monoisotopic (exact) mass is 290 g/mol. The van der Waals surface area contributed by atoms with Gasteiger partial charge in [-0.05, 0) is 18.6 Å². The Balaban J connectivity index is 2.57. The second-order valence-electron chi connectivity index (χ2n) is 4.70. The number of aromatic hydroxyl groups is 1. The lowest BCUT2D eigenvalue weighted by molar-refractivity contribution is 0.332. The summed E-state index contributed by atoms with van der Waals surface area (Å²) >= 11 is 0. The quantitative estimate of drug-likeness (QED) is 0.829. The summed E-state index contributed by atoms with van der Waals surface area (Å²) < 4.78 is 18.4. The van der Waals surface area contributed by atoms with Crippen LogP contribution in [0.4, 0.5) is 0 Å². The molecule has 0 aliphatic heterocycles. The zero-order chi connectivity index (χ0) is 14.6. The summed E-state index contributed by atoms with van der Waals surface area (Å²) in [5, 5.41) is 10.1. The van der Waals surface area contributed by atoms with Gasteiger partial charge in [0.15, 0.2) is 0 Å². The molecule has 0 heterocycles. The molecule has 0 radical (unpaired) electrons. The molecule has 0 aliphatic carbocycles. The Morgan fingerprint density at radius 1 is 1.10 bits per heavy atom. The number of benzene rings is 2. The molecule has 2 aromatic rings. The highest BCUT2D eigenvalue weighted by molar-refractivity contribution is 7.58. The SMILES string of the molecule is CCO[P@@](C)(=O)[C@@H](c1ccccc1)c1ccccc1O. The summed E-state index contributed by atoms with van der Waals surface area (Å²) in [6.07, 6.45) is 0. The predicted molar refractivity (Wildman–Crippen MR) is 81.5 cm³/mol. The van der Waals surface area contributed by atoms with E-state index in [1.165, 1.54) is 0 Å². The van der Waals surface area contributed by atoms with Crippen molar-refractivity contribution in [2.45, 2.75) is 12.6 Å². The minimum absolute atomic E-state index is 0.142. The molecule has 4 heteroatoms. The van der Waals surface area contributed by atoms with Crippen molar-refractivity contribution in [3.05, 3.63) is 65.7 Å². The first-order chi connectivity index (χ1) is 9.56. The molecular weight excluding hydrogens is 271 g/mol. The molecule has 2 rings (SSSR count). The van der Waals surface area contributed by atoms with Crippen molar-refractivity contribution in [1.82, 2.24) is 0 Å². The number of phenols is 1. The largest absolute Gasteiger partial charge is 0.508 e. The van der Waals surface area contributed by atoms with Crippen molar-refractivity contribution in [2.24, 2.45) is 0 Å². The van der Waals surface area contributed by atoms with Gasteiger partial charge in [-0.1, -0.05) is 48.5 Å². The van der Waals surface area contributed by atoms with E-state index in [0.717, 1.165) is 5.56 Å². The minimum Gasteiger partial charge on any atom is -0.508 e. The molecule has 0 saturated carbocycles. The van der Waals surface area contributed by atoms with E-state index in [9.17, 15) is 9.67 Å². The Labute approximate surface area is 119 Å². The predicted octanol–water partition coefficient (Wildman–Crippen LogP) is 4.43. The third-order valence-electron chi connectivity index (χ3n) is 3.20. The van der Waals surface area contributed by atoms with Crippen LogP contribution >= 0.6 is 7.37 Å². The Morgan fingerprint density at radius 3 is 2.30 bits per heavy atom. The molecule has 0 unspecified atom stereocenters. The maximum Gasteiger partial charge on any atom is 0.211 e. The van der Waals surface area contributed by atoms with Crippen molar-refractivity contribution in [2.75, 3.05) is 13.3 Å². The molecule has 0 aliphatic rings. The highest BCUT2D eigenvalue weighted by Gasteiger charge is 2.33. The molecule has 0 amide bonds. The summed E-state index contributed by atoms with van der Waals surface area (Å²) in [6, 6.07) is 16.5. The van der Waals surface area contributed by atoms with Gasteiger partial charge in [0, 0.05) is 12.2 Å². The zero-order valence-corrected chi connectivity index (χ0v) is 12.6. The summed E-state index contributed by atoms with van der Waals surface area (Å²) in [7, 11) is -2.93. The van der Waals surface area contributed by atoms with Crippen molar-refractivity contribution >= 4 is 7.37 Å². The maximum atomic E-state index is 12.9. The van der Waals surface area contributed by atoms with Crippen molar-refractivity contribution in [3.8, 4) is 5.75 Å². The molecule has 20 heavy (non-hydrogen) atoms. The summed E-state index contributed by atoms with van der Waals surface area (Å²) in [5.74, 6) is 0.142. The number of hydrogen-bond acceptors (Lipinski definition) is 3. The van der Waals surface area contributed by atoms with Crippen LogP contribution in [0, 0.1) is 0 Å². The van der Waals surface area contributed by atoms with Crippen molar-refractivity contribution in [1.29, 1.82) is 0 Å². The standard InChI is InChI=1S/C16H19O3P/c1-3-19-20(2,18)16(13-9-5-4-6-10-13)14-11-7-8-12-15(14)17/h4-12,16-17H,3H2,1-2H3/t16-,20+/m0/s1. The van der Waals surface area contributed by atoms with Gasteiger partial charge in [-0.3, -0.25) is 4.57 Å². The van der Waals surface area contributed by atoms with Gasteiger partial charge in [0.1, 0.15) is 5.75 Å². The molecule has 106 valence electrons. The first-order valence-corrected chi connectivity index (χ1v) is 8.75. The molecular formula is C16H19O3P. The summed E-state index contributed by atoms with van der Waals surface area (Å²) in [4.78, 5) is 0. The van der Waals surface area contributed by atoms with Gasteiger partial charge in [0.2, 0.25) is 7.37 Å². The van der Waals surface area contributed by atoms with Crippen LogP contribution in [0.5, 0.6) is 5.75 Å². The lowest BCUT2D eigenvalue weighted by atomic mass is 10.0. The maximum absolute atomic E-state index is 12.9. The van der Waals surface area contributed by atoms with Gasteiger partial charge in [-0.15, -0.1) is 0 Å². The molecule has 2 aromatic carbocycles. The molecule has 2 atom stereocenters. The highest BCUT2D eigenvalue weighted by atomic mass is 31.2. The van der Waals surface area contributed by atoms with E-state index in [0.29, 0.717) is 12.2 Å². The van der Waals surface area contributed by atoms with Crippen LogP contribution in [0.25, 0.3) is 0 Å². The second-order valence-corrected chi connectivity index (χ2v) is 7.29. The van der Waals surface area contributed by atoms with Gasteiger partial charge in [0.25, 0.3) is 0 Å². The fourth-order valence-electron chi connectivity index (χ4n) is 2.39. The van der Waals surface area contributed by atoms with E-state index in [4.69, 9.17) is 4.52 Å². The topological polar surface area (TPSA) is 46.5 Å². The third-order valence-corrected chi connectivity index (χ3v) is 5.49. The number of hydrogen-bond donors (Lipinski definition) is 1. The third kappa shape index (κ3) is 3.12. The molecule has 3 nitrogen and oxygen atoms in total. The fourth-order valence-corrected chi connectivity index (χ4v) is 4.49. The van der Waals surface area contributed by atoms with Crippen LogP contribution in [0.3, 0.4) is 0 Å². The molecule has 0 fully saturated rings. The van der Waals surface area contributed by atoms with Crippen LogP contribution < -0.4 is 0 Å². The average Bonchev–Trinajstić information content (AvgIpc) is 2.42. The average molecular weight is 290 g/mol. The van der Waals surface area contributed by atoms with Gasteiger partial charge in [-0.25, -0.2) is 0 Å². The van der Waals surface area contributed by atoms with Crippen LogP contribution in [-0.4, -0.2) is 18.4 Å². The van der Waals surface area contributed by atoms with E-state index >= 15 is 0 Å². The molecule has 0 aromatic heterocycles. The summed E-state index contributed by atoms with van der Waals surface area (Å²) in [5.41, 5.74) is 1.07. The first kappa shape index (κ1) is 14.8. The lowest BCUT2D eigenvalue weighted by Crippen LogP contribution is -2.05. The van der Waals surface area contributed by atoms with E-state index in [1.807, 2.05) is 43.3 Å². The normalized spacial score (nSPS) is 15.5. The second kappa shape index (κ2) is 6.25. The van der Waals surface area contributed by atoms with Crippen LogP contribution in [0.1, 0.15) is 23.7 Å². The van der Waals surface area contributed by atoms with E-state index < -0.39 is 13.0 Å². The van der Waals surface area contributed by atoms with E-state index in [2.05, 4.69) is 0 Å². The van der Waals surface area contributed by atoms with E-state index in [1.54, 1.807) is 24.9 Å². The Kier molecular flexibility index (Phi) is 4.64. The lowest BCUT2D eigenvalue weighted by Gasteiger charge is -2.25. The van der Waals surface area contributed by atoms with Gasteiger partial charge in [0.05, 0.1) is 12.3 Å². The van der Waals surface area contributed by atoms with Gasteiger partial charge in [-0.2, -0.15) is 0 Å². The van der Waals surface area contributed by atoms with Gasteiger partial charge >= 0.3 is 0 Å². The van der Waals surface area contributed by atoms with Crippen molar-refractivity contribution < 1.29 is 14.2 Å². The number of phenolic OH excluding ortho intramolecular Hbond substituents is 1. The Morgan fingerprint density at radius 2 is 1.70 bits per heavy atom. The molecule has 0 bridgehead atoms. The summed E-state index contributed by atoms with van der Waals surface area (Å²) in [6.45, 7) is 3.83. The van der Waals surface area contributed by atoms with E-state index in [-0.39, 0.29) is 5.75 Å². The van der Waals surface area contributed by atoms with Crippen LogP contribution in [0.2, 0.25) is 0 Å². The van der Waals surface area contributed by atoms with Gasteiger partial charge < -0.3 is 9.63 Å². The van der Waals surface area contributed by atoms with Crippen LogP contribution in [-0.2, 0) is 9.09 Å². The minimum atomic E-state index is -2.93.